The number of benzene rings is 3. The Balaban J connectivity index is 1.76. The topological polar surface area (TPSA) is 38.3 Å². The molecule has 3 rings (SSSR count). The molecule has 0 heterocycles. The molecule has 1 atom stereocenters. The van der Waals surface area contributed by atoms with E-state index < -0.39 is 0 Å². The van der Waals surface area contributed by atoms with E-state index in [4.69, 9.17) is 16.3 Å². The van der Waals surface area contributed by atoms with Gasteiger partial charge >= 0.3 is 0 Å². The first kappa shape index (κ1) is 18.9. The van der Waals surface area contributed by atoms with Gasteiger partial charge in [0.05, 0.1) is 6.04 Å². The fraction of sp³-hybridized carbons (Fsp3) is 0.136. The Labute approximate surface area is 162 Å². The fourth-order valence-corrected chi connectivity index (χ4v) is 2.88. The predicted octanol–water partition coefficient (Wildman–Crippen LogP) is 5.55. The third kappa shape index (κ3) is 5.08. The maximum Gasteiger partial charge on any atom is 0.252 e. The van der Waals surface area contributed by atoms with Gasteiger partial charge in [-0.05, 0) is 36.8 Å². The van der Waals surface area contributed by atoms with Crippen LogP contribution in [0.4, 0.5) is 4.39 Å². The number of amides is 1. The second-order valence-corrected chi connectivity index (χ2v) is 6.59. The zero-order chi connectivity index (χ0) is 19.2. The Bertz CT molecular complexity index is 931. The summed E-state index contributed by atoms with van der Waals surface area (Å²) in [6.45, 7) is 2.05. The monoisotopic (exact) mass is 383 g/mol. The van der Waals surface area contributed by atoms with E-state index in [0.717, 1.165) is 5.56 Å². The normalized spacial score (nSPS) is 11.7. The van der Waals surface area contributed by atoms with Crippen LogP contribution in [0.5, 0.6) is 5.75 Å². The third-order valence-corrected chi connectivity index (χ3v) is 4.39. The van der Waals surface area contributed by atoms with Crippen LogP contribution in [0.15, 0.2) is 72.8 Å². The first-order valence-corrected chi connectivity index (χ1v) is 8.93. The fourth-order valence-electron chi connectivity index (χ4n) is 2.70. The second-order valence-electron chi connectivity index (χ2n) is 6.15. The lowest BCUT2D eigenvalue weighted by Crippen LogP contribution is -2.27. The van der Waals surface area contributed by atoms with Gasteiger partial charge in [0.15, 0.2) is 0 Å². The van der Waals surface area contributed by atoms with Gasteiger partial charge < -0.3 is 10.1 Å². The van der Waals surface area contributed by atoms with Crippen LogP contribution in [0.1, 0.15) is 34.5 Å². The second kappa shape index (κ2) is 8.69. The molecule has 0 unspecified atom stereocenters. The molecule has 0 saturated heterocycles. The average Bonchev–Trinajstić information content (AvgIpc) is 2.67. The van der Waals surface area contributed by atoms with E-state index >= 15 is 0 Å². The van der Waals surface area contributed by atoms with E-state index in [0.29, 0.717) is 21.9 Å². The lowest BCUT2D eigenvalue weighted by Gasteiger charge is -2.17. The number of hydrogen-bond donors (Lipinski definition) is 1. The van der Waals surface area contributed by atoms with E-state index in [1.54, 1.807) is 30.3 Å². The predicted molar refractivity (Wildman–Crippen MR) is 105 cm³/mol. The molecule has 0 saturated carbocycles. The number of rotatable bonds is 6. The SMILES string of the molecule is C[C@H](NC(=O)c1cc(Cl)ccc1COc1cccc(F)c1)c1ccccc1. The highest BCUT2D eigenvalue weighted by Gasteiger charge is 2.16. The summed E-state index contributed by atoms with van der Waals surface area (Å²) in [5.41, 5.74) is 2.11. The lowest BCUT2D eigenvalue weighted by molar-refractivity contribution is 0.0937. The summed E-state index contributed by atoms with van der Waals surface area (Å²) in [5, 5.41) is 3.43. The summed E-state index contributed by atoms with van der Waals surface area (Å²) in [4.78, 5) is 12.8. The molecule has 0 spiro atoms. The highest BCUT2D eigenvalue weighted by Crippen LogP contribution is 2.21. The minimum Gasteiger partial charge on any atom is -0.489 e. The molecule has 3 nitrogen and oxygen atoms in total. The number of ether oxygens (including phenoxy) is 1. The minimum absolute atomic E-state index is 0.128. The van der Waals surface area contributed by atoms with Gasteiger partial charge in [-0.15, -0.1) is 0 Å². The van der Waals surface area contributed by atoms with Crippen LogP contribution >= 0.6 is 11.6 Å². The van der Waals surface area contributed by atoms with Gasteiger partial charge in [0.2, 0.25) is 0 Å². The van der Waals surface area contributed by atoms with Gasteiger partial charge in [-0.2, -0.15) is 0 Å². The molecule has 138 valence electrons. The molecule has 0 fully saturated rings. The van der Waals surface area contributed by atoms with Crippen LogP contribution in [-0.2, 0) is 6.61 Å². The number of carbonyl (C=O) groups is 1. The van der Waals surface area contributed by atoms with Gasteiger partial charge in [0, 0.05) is 22.2 Å². The summed E-state index contributed by atoms with van der Waals surface area (Å²) in [7, 11) is 0. The Hall–Kier alpha value is -2.85. The maximum absolute atomic E-state index is 13.3. The van der Waals surface area contributed by atoms with Crippen LogP contribution < -0.4 is 10.1 Å². The van der Waals surface area contributed by atoms with Gasteiger partial charge in [0.1, 0.15) is 18.2 Å². The molecule has 3 aromatic carbocycles. The largest absolute Gasteiger partial charge is 0.489 e. The molecule has 0 bridgehead atoms. The summed E-state index contributed by atoms with van der Waals surface area (Å²) in [6, 6.07) is 20.5. The zero-order valence-electron chi connectivity index (χ0n) is 14.8. The standard InChI is InChI=1S/C22H19ClFNO2/c1-15(16-6-3-2-4-7-16)25-22(26)21-12-18(23)11-10-17(21)14-27-20-9-5-8-19(24)13-20/h2-13,15H,14H2,1H3,(H,25,26)/t15-/m0/s1. The van der Waals surface area contributed by atoms with Crippen molar-refractivity contribution in [3.05, 3.63) is 100 Å². The van der Waals surface area contributed by atoms with E-state index in [2.05, 4.69) is 5.32 Å². The van der Waals surface area contributed by atoms with Gasteiger partial charge in [0.25, 0.3) is 5.91 Å². The molecule has 0 aliphatic carbocycles. The van der Waals surface area contributed by atoms with Gasteiger partial charge in [-0.1, -0.05) is 54.1 Å². The van der Waals surface area contributed by atoms with Crippen molar-refractivity contribution < 1.29 is 13.9 Å². The van der Waals surface area contributed by atoms with Crippen LogP contribution in [0.25, 0.3) is 0 Å². The van der Waals surface area contributed by atoms with Crippen LogP contribution in [0.2, 0.25) is 5.02 Å². The first-order valence-electron chi connectivity index (χ1n) is 8.55. The van der Waals surface area contributed by atoms with E-state index in [1.165, 1.54) is 12.1 Å². The Morgan fingerprint density at radius 1 is 1.07 bits per heavy atom. The Kier molecular flexibility index (Phi) is 6.09. The summed E-state index contributed by atoms with van der Waals surface area (Å²) >= 11 is 6.08. The molecule has 0 radical (unpaired) electrons. The van der Waals surface area contributed by atoms with Crippen molar-refractivity contribution in [2.75, 3.05) is 0 Å². The Morgan fingerprint density at radius 2 is 1.85 bits per heavy atom. The van der Waals surface area contributed by atoms with Crippen molar-refractivity contribution in [2.45, 2.75) is 19.6 Å². The highest BCUT2D eigenvalue weighted by molar-refractivity contribution is 6.31. The highest BCUT2D eigenvalue weighted by atomic mass is 35.5. The number of halogens is 2. The smallest absolute Gasteiger partial charge is 0.252 e. The van der Waals surface area contributed by atoms with Crippen molar-refractivity contribution >= 4 is 17.5 Å². The van der Waals surface area contributed by atoms with Crippen molar-refractivity contribution in [1.29, 1.82) is 0 Å². The van der Waals surface area contributed by atoms with Gasteiger partial charge in [-0.25, -0.2) is 4.39 Å². The zero-order valence-corrected chi connectivity index (χ0v) is 15.5. The molecule has 27 heavy (non-hydrogen) atoms. The average molecular weight is 384 g/mol. The molecular weight excluding hydrogens is 365 g/mol. The maximum atomic E-state index is 13.3. The van der Waals surface area contributed by atoms with Crippen LogP contribution in [-0.4, -0.2) is 5.91 Å². The van der Waals surface area contributed by atoms with Crippen molar-refractivity contribution in [3.8, 4) is 5.75 Å². The number of nitrogens with one attached hydrogen (secondary N) is 1. The summed E-state index contributed by atoms with van der Waals surface area (Å²) < 4.78 is 18.9. The Morgan fingerprint density at radius 3 is 2.59 bits per heavy atom. The minimum atomic E-state index is -0.377. The molecule has 1 N–H and O–H groups in total. The van der Waals surface area contributed by atoms with Crippen molar-refractivity contribution in [2.24, 2.45) is 0 Å². The molecule has 0 aliphatic rings. The summed E-state index contributed by atoms with van der Waals surface area (Å²) in [5.74, 6) is -0.223. The van der Waals surface area contributed by atoms with E-state index in [1.807, 2.05) is 37.3 Å². The molecular formula is C22H19ClFNO2. The van der Waals surface area contributed by atoms with E-state index in [-0.39, 0.29) is 24.4 Å². The lowest BCUT2D eigenvalue weighted by atomic mass is 10.1. The molecule has 1 amide bonds. The first-order chi connectivity index (χ1) is 13.0. The van der Waals surface area contributed by atoms with E-state index in [9.17, 15) is 9.18 Å². The molecule has 3 aromatic rings. The van der Waals surface area contributed by atoms with Crippen LogP contribution in [0, 0.1) is 5.82 Å². The summed E-state index contributed by atoms with van der Waals surface area (Å²) in [6.07, 6.45) is 0. The number of hydrogen-bond acceptors (Lipinski definition) is 2. The van der Waals surface area contributed by atoms with Crippen molar-refractivity contribution in [3.63, 3.8) is 0 Å². The molecule has 5 heteroatoms. The third-order valence-electron chi connectivity index (χ3n) is 4.15. The molecule has 0 aliphatic heterocycles. The molecule has 0 aromatic heterocycles. The van der Waals surface area contributed by atoms with Crippen LogP contribution in [0.3, 0.4) is 0 Å². The number of carbonyl (C=O) groups excluding carboxylic acids is 1. The van der Waals surface area contributed by atoms with Gasteiger partial charge in [-0.3, -0.25) is 4.79 Å². The van der Waals surface area contributed by atoms with Crippen molar-refractivity contribution in [1.82, 2.24) is 5.32 Å². The quantitative estimate of drug-likeness (QED) is 0.606.